The van der Waals surface area contributed by atoms with Crippen LogP contribution in [0.5, 0.6) is 0 Å². The number of hydrogen-bond acceptors (Lipinski definition) is 5. The average Bonchev–Trinajstić information content (AvgIpc) is 2.51. The van der Waals surface area contributed by atoms with Crippen molar-refractivity contribution in [1.82, 2.24) is 5.32 Å². The lowest BCUT2D eigenvalue weighted by Gasteiger charge is -2.34. The molecular weight excluding hydrogens is 348 g/mol. The van der Waals surface area contributed by atoms with Crippen molar-refractivity contribution in [2.24, 2.45) is 0 Å². The van der Waals surface area contributed by atoms with Crippen molar-refractivity contribution >= 4 is 23.4 Å². The summed E-state index contributed by atoms with van der Waals surface area (Å²) in [6.07, 6.45) is 0. The van der Waals surface area contributed by atoms with E-state index in [1.165, 1.54) is 11.3 Å². The highest BCUT2D eigenvalue weighted by Gasteiger charge is 2.19. The molecule has 148 valence electrons. The number of carboxylic acid groups (broad SMARTS) is 1. The van der Waals surface area contributed by atoms with E-state index < -0.39 is 12.0 Å². The summed E-state index contributed by atoms with van der Waals surface area (Å²) >= 11 is 1.61. The third-order valence-electron chi connectivity index (χ3n) is 4.02. The van der Waals surface area contributed by atoms with Crippen LogP contribution in [-0.4, -0.2) is 47.8 Å². The Kier molecular flexibility index (Phi) is 8.44. The number of anilines is 1. The fourth-order valence-corrected chi connectivity index (χ4v) is 3.12. The van der Waals surface area contributed by atoms with E-state index in [1.807, 2.05) is 20.8 Å². The van der Waals surface area contributed by atoms with Gasteiger partial charge in [-0.2, -0.15) is 11.8 Å². The Morgan fingerprint density at radius 3 is 2.23 bits per heavy atom. The summed E-state index contributed by atoms with van der Waals surface area (Å²) in [5.74, 6) is 0.426. The van der Waals surface area contributed by atoms with Gasteiger partial charge in [-0.1, -0.05) is 12.1 Å². The van der Waals surface area contributed by atoms with Crippen molar-refractivity contribution < 1.29 is 14.6 Å². The van der Waals surface area contributed by atoms with Gasteiger partial charge in [-0.15, -0.1) is 0 Å². The number of thioether (sulfide) groups is 1. The Morgan fingerprint density at radius 2 is 1.77 bits per heavy atom. The molecule has 0 heterocycles. The predicted octanol–water partition coefficient (Wildman–Crippen LogP) is 3.97. The summed E-state index contributed by atoms with van der Waals surface area (Å²) in [7, 11) is 2.09. The van der Waals surface area contributed by atoms with Crippen molar-refractivity contribution in [1.29, 1.82) is 0 Å². The molecule has 1 atom stereocenters. The van der Waals surface area contributed by atoms with E-state index in [4.69, 9.17) is 4.74 Å². The highest BCUT2D eigenvalue weighted by molar-refractivity contribution is 7.98. The Labute approximate surface area is 162 Å². The molecule has 1 aromatic rings. The zero-order valence-corrected chi connectivity index (χ0v) is 17.9. The van der Waals surface area contributed by atoms with Crippen LogP contribution in [0.3, 0.4) is 0 Å². The maximum Gasteiger partial charge on any atom is 0.321 e. The molecule has 1 rings (SSSR count). The van der Waals surface area contributed by atoms with Gasteiger partial charge in [0, 0.05) is 29.8 Å². The zero-order chi connectivity index (χ0) is 20.0. The maximum absolute atomic E-state index is 11.4. The molecule has 0 bridgehead atoms. The van der Waals surface area contributed by atoms with Gasteiger partial charge < -0.3 is 14.7 Å². The molecule has 0 saturated heterocycles. The number of carbonyl (C=O) groups is 1. The van der Waals surface area contributed by atoms with Gasteiger partial charge in [0.05, 0.1) is 12.3 Å². The summed E-state index contributed by atoms with van der Waals surface area (Å²) in [6.45, 7) is 12.6. The van der Waals surface area contributed by atoms with Crippen LogP contribution in [-0.2, 0) is 15.3 Å². The minimum atomic E-state index is -0.850. The minimum absolute atomic E-state index is 0.0752. The number of nitrogens with zero attached hydrogens (tertiary/aromatic N) is 1. The molecule has 0 aliphatic heterocycles. The van der Waals surface area contributed by atoms with Crippen LogP contribution in [0.15, 0.2) is 24.3 Å². The molecule has 5 nitrogen and oxygen atoms in total. The second-order valence-corrected chi connectivity index (χ2v) is 9.44. The number of ether oxygens (including phenoxy) is 1. The van der Waals surface area contributed by atoms with Crippen molar-refractivity contribution in [2.45, 2.75) is 64.5 Å². The lowest BCUT2D eigenvalue weighted by atomic mass is 10.1. The Bertz CT molecular complexity index is 562. The van der Waals surface area contributed by atoms with Gasteiger partial charge >= 0.3 is 5.97 Å². The van der Waals surface area contributed by atoms with E-state index >= 15 is 0 Å². The summed E-state index contributed by atoms with van der Waals surface area (Å²) in [4.78, 5) is 13.6. The monoisotopic (exact) mass is 382 g/mol. The summed E-state index contributed by atoms with van der Waals surface area (Å²) in [5.41, 5.74) is 2.16. The van der Waals surface area contributed by atoms with Gasteiger partial charge in [0.2, 0.25) is 0 Å². The molecule has 0 unspecified atom stereocenters. The number of aliphatic carboxylic acids is 1. The first-order chi connectivity index (χ1) is 11.9. The first kappa shape index (κ1) is 22.8. The molecule has 0 aromatic heterocycles. The smallest absolute Gasteiger partial charge is 0.321 e. The van der Waals surface area contributed by atoms with E-state index in [9.17, 15) is 9.90 Å². The third-order valence-corrected chi connectivity index (χ3v) is 5.12. The molecule has 1 aromatic carbocycles. The van der Waals surface area contributed by atoms with Crippen LogP contribution in [0, 0.1) is 0 Å². The standard InChI is InChI=1S/C20H34N2O3S/c1-19(2,3)22(7)16-10-8-15(9-11-16)12-26-13-17(18(23)24)21-14-25-20(4,5)6/h8-11,17,21H,12-14H2,1-7H3,(H,23,24)/t17-/m0/s1. The first-order valence-electron chi connectivity index (χ1n) is 8.91. The normalized spacial score (nSPS) is 13.5. The second kappa shape index (κ2) is 9.62. The highest BCUT2D eigenvalue weighted by atomic mass is 32.2. The van der Waals surface area contributed by atoms with Gasteiger partial charge in [0.25, 0.3) is 0 Å². The highest BCUT2D eigenvalue weighted by Crippen LogP contribution is 2.23. The summed E-state index contributed by atoms with van der Waals surface area (Å²) in [6, 6.07) is 7.83. The van der Waals surface area contributed by atoms with E-state index in [-0.39, 0.29) is 17.9 Å². The van der Waals surface area contributed by atoms with Gasteiger partial charge in [-0.3, -0.25) is 10.1 Å². The fourth-order valence-electron chi connectivity index (χ4n) is 2.07. The largest absolute Gasteiger partial charge is 0.480 e. The SMILES string of the molecule is CN(c1ccc(CSC[C@H](NCOC(C)(C)C)C(=O)O)cc1)C(C)(C)C. The van der Waals surface area contributed by atoms with Crippen LogP contribution in [0.25, 0.3) is 0 Å². The van der Waals surface area contributed by atoms with Crippen molar-refractivity contribution in [2.75, 3.05) is 24.4 Å². The van der Waals surface area contributed by atoms with Crippen molar-refractivity contribution in [3.63, 3.8) is 0 Å². The molecular formula is C20H34N2O3S. The van der Waals surface area contributed by atoms with Gasteiger partial charge in [0.1, 0.15) is 6.04 Å². The number of rotatable bonds is 9. The van der Waals surface area contributed by atoms with Crippen molar-refractivity contribution in [3.8, 4) is 0 Å². The van der Waals surface area contributed by atoms with Crippen LogP contribution in [0.4, 0.5) is 5.69 Å². The van der Waals surface area contributed by atoms with Gasteiger partial charge in [-0.05, 0) is 59.2 Å². The third kappa shape index (κ3) is 8.43. The van der Waals surface area contributed by atoms with E-state index in [0.717, 1.165) is 5.75 Å². The van der Waals surface area contributed by atoms with Crippen LogP contribution in [0.2, 0.25) is 0 Å². The Balaban J connectivity index is 2.48. The molecule has 0 spiro atoms. The number of hydrogen-bond donors (Lipinski definition) is 2. The lowest BCUT2D eigenvalue weighted by molar-refractivity contribution is -0.139. The maximum atomic E-state index is 11.4. The van der Waals surface area contributed by atoms with E-state index in [0.29, 0.717) is 5.75 Å². The molecule has 0 aliphatic rings. The Morgan fingerprint density at radius 1 is 1.19 bits per heavy atom. The van der Waals surface area contributed by atoms with Crippen molar-refractivity contribution in [3.05, 3.63) is 29.8 Å². The fraction of sp³-hybridized carbons (Fsp3) is 0.650. The minimum Gasteiger partial charge on any atom is -0.480 e. The van der Waals surface area contributed by atoms with Gasteiger partial charge in [0.15, 0.2) is 0 Å². The van der Waals surface area contributed by atoms with E-state index in [1.54, 1.807) is 11.8 Å². The lowest BCUT2D eigenvalue weighted by Crippen LogP contribution is -2.41. The predicted molar refractivity (Wildman–Crippen MR) is 111 cm³/mol. The van der Waals surface area contributed by atoms with Crippen LogP contribution < -0.4 is 10.2 Å². The molecule has 0 radical (unpaired) electrons. The molecule has 2 N–H and O–H groups in total. The number of carboxylic acids is 1. The molecule has 26 heavy (non-hydrogen) atoms. The van der Waals surface area contributed by atoms with Gasteiger partial charge in [-0.25, -0.2) is 0 Å². The molecule has 0 aliphatic carbocycles. The molecule has 0 saturated carbocycles. The summed E-state index contributed by atoms with van der Waals surface area (Å²) in [5, 5.41) is 12.3. The molecule has 0 amide bonds. The summed E-state index contributed by atoms with van der Waals surface area (Å²) < 4.78 is 5.55. The quantitative estimate of drug-likeness (QED) is 0.630. The number of benzene rings is 1. The number of nitrogens with one attached hydrogen (secondary N) is 1. The molecule has 0 fully saturated rings. The van der Waals surface area contributed by atoms with Crippen LogP contribution in [0.1, 0.15) is 47.1 Å². The average molecular weight is 383 g/mol. The molecule has 6 heteroatoms. The van der Waals surface area contributed by atoms with Crippen LogP contribution >= 0.6 is 11.8 Å². The topological polar surface area (TPSA) is 61.8 Å². The van der Waals surface area contributed by atoms with E-state index in [2.05, 4.69) is 62.3 Å². The zero-order valence-electron chi connectivity index (χ0n) is 17.1. The second-order valence-electron chi connectivity index (χ2n) is 8.41. The Hall–Kier alpha value is -1.24. The first-order valence-corrected chi connectivity index (χ1v) is 10.1.